The van der Waals surface area contributed by atoms with Crippen LogP contribution in [0.2, 0.25) is 0 Å². The van der Waals surface area contributed by atoms with Gasteiger partial charge in [-0.25, -0.2) is 0 Å². The number of thiophene rings is 1. The second-order valence-electron chi connectivity index (χ2n) is 5.92. The van der Waals surface area contributed by atoms with Crippen LogP contribution in [-0.2, 0) is 6.42 Å². The van der Waals surface area contributed by atoms with Gasteiger partial charge in [-0.1, -0.05) is 36.4 Å². The molecule has 1 atom stereocenters. The van der Waals surface area contributed by atoms with Crippen LogP contribution in [0, 0.1) is 0 Å². The van der Waals surface area contributed by atoms with Crippen LogP contribution in [-0.4, -0.2) is 29.2 Å². The van der Waals surface area contributed by atoms with Gasteiger partial charge in [0.05, 0.1) is 4.21 Å². The van der Waals surface area contributed by atoms with Crippen LogP contribution in [0.1, 0.15) is 12.0 Å². The van der Waals surface area contributed by atoms with Crippen molar-refractivity contribution in [3.63, 3.8) is 0 Å². The van der Waals surface area contributed by atoms with Crippen molar-refractivity contribution in [3.05, 3.63) is 53.4 Å². The summed E-state index contributed by atoms with van der Waals surface area (Å²) in [4.78, 5) is 0. The standard InChI is InChI=1S/C17H13F9S2/c18-14(19,15(20,21)16(22,23)17(24,25)26)10-12(28-13-7-4-8-27-13)9-11-5-2-1-3-6-11/h1-8,12H,9-10H2. The van der Waals surface area contributed by atoms with E-state index in [4.69, 9.17) is 0 Å². The average Bonchev–Trinajstić information content (AvgIpc) is 3.07. The first-order chi connectivity index (χ1) is 12.8. The van der Waals surface area contributed by atoms with Crippen LogP contribution in [0.25, 0.3) is 0 Å². The summed E-state index contributed by atoms with van der Waals surface area (Å²) in [6.07, 6.45) is -8.88. The van der Waals surface area contributed by atoms with Crippen LogP contribution in [0.4, 0.5) is 39.5 Å². The first kappa shape index (κ1) is 22.9. The molecule has 1 unspecified atom stereocenters. The van der Waals surface area contributed by atoms with E-state index in [0.717, 1.165) is 23.1 Å². The zero-order valence-corrected chi connectivity index (χ0v) is 15.5. The molecule has 0 aliphatic carbocycles. The lowest BCUT2D eigenvalue weighted by atomic mass is 9.97. The molecule has 2 aromatic rings. The van der Waals surface area contributed by atoms with Gasteiger partial charge in [0.2, 0.25) is 0 Å². The van der Waals surface area contributed by atoms with Crippen molar-refractivity contribution in [2.75, 3.05) is 0 Å². The van der Waals surface area contributed by atoms with E-state index in [-0.39, 0.29) is 6.42 Å². The molecule has 0 bridgehead atoms. The van der Waals surface area contributed by atoms with Crippen molar-refractivity contribution < 1.29 is 39.5 Å². The van der Waals surface area contributed by atoms with Gasteiger partial charge in [0.15, 0.2) is 0 Å². The highest BCUT2D eigenvalue weighted by Gasteiger charge is 2.81. The van der Waals surface area contributed by atoms with Crippen molar-refractivity contribution in [2.45, 2.75) is 46.2 Å². The molecule has 156 valence electrons. The molecular weight excluding hydrogens is 439 g/mol. The summed E-state index contributed by atoms with van der Waals surface area (Å²) < 4.78 is 119. The van der Waals surface area contributed by atoms with Crippen molar-refractivity contribution in [1.82, 2.24) is 0 Å². The highest BCUT2D eigenvalue weighted by molar-refractivity contribution is 8.01. The Morgan fingerprint density at radius 2 is 1.39 bits per heavy atom. The highest BCUT2D eigenvalue weighted by atomic mass is 32.2. The average molecular weight is 452 g/mol. The Hall–Kier alpha value is -1.36. The lowest BCUT2D eigenvalue weighted by Gasteiger charge is -2.35. The molecule has 0 N–H and O–H groups in total. The van der Waals surface area contributed by atoms with Gasteiger partial charge in [-0.05, 0) is 23.4 Å². The molecule has 2 rings (SSSR count). The van der Waals surface area contributed by atoms with Crippen LogP contribution >= 0.6 is 23.1 Å². The van der Waals surface area contributed by atoms with Crippen molar-refractivity contribution in [2.24, 2.45) is 0 Å². The van der Waals surface area contributed by atoms with E-state index in [1.54, 1.807) is 29.6 Å². The number of hydrogen-bond acceptors (Lipinski definition) is 2. The Morgan fingerprint density at radius 3 is 1.89 bits per heavy atom. The minimum absolute atomic E-state index is 0.216. The number of halogens is 9. The molecule has 1 heterocycles. The smallest absolute Gasteiger partial charge is 0.200 e. The molecular formula is C17H13F9S2. The summed E-state index contributed by atoms with van der Waals surface area (Å²) in [5, 5.41) is 0.234. The van der Waals surface area contributed by atoms with E-state index in [9.17, 15) is 39.5 Å². The van der Waals surface area contributed by atoms with E-state index in [0.29, 0.717) is 9.77 Å². The summed E-state index contributed by atoms with van der Waals surface area (Å²) in [7, 11) is 0. The first-order valence-corrected chi connectivity index (χ1v) is 9.48. The number of rotatable bonds is 8. The minimum atomic E-state index is -6.87. The Morgan fingerprint density at radius 1 is 0.786 bits per heavy atom. The van der Waals surface area contributed by atoms with Crippen molar-refractivity contribution in [1.29, 1.82) is 0 Å². The third-order valence-electron chi connectivity index (χ3n) is 3.78. The molecule has 0 fully saturated rings. The third-order valence-corrected chi connectivity index (χ3v) is 6.05. The fraction of sp³-hybridized carbons (Fsp3) is 0.412. The fourth-order valence-corrected chi connectivity index (χ4v) is 4.65. The number of hydrogen-bond donors (Lipinski definition) is 0. The van der Waals surface area contributed by atoms with E-state index < -0.39 is 35.6 Å². The van der Waals surface area contributed by atoms with Gasteiger partial charge in [-0.15, -0.1) is 23.1 Å². The van der Waals surface area contributed by atoms with Crippen molar-refractivity contribution in [3.8, 4) is 0 Å². The molecule has 0 spiro atoms. The lowest BCUT2D eigenvalue weighted by Crippen LogP contribution is -2.61. The summed E-state index contributed by atoms with van der Waals surface area (Å²) in [5.41, 5.74) is 0.457. The zero-order chi connectivity index (χ0) is 21.2. The molecule has 0 radical (unpaired) electrons. The predicted molar refractivity (Wildman–Crippen MR) is 89.6 cm³/mol. The monoisotopic (exact) mass is 452 g/mol. The minimum Gasteiger partial charge on any atom is -0.200 e. The van der Waals surface area contributed by atoms with E-state index in [2.05, 4.69) is 0 Å². The van der Waals surface area contributed by atoms with E-state index in [1.165, 1.54) is 18.2 Å². The molecule has 0 aliphatic heterocycles. The number of benzene rings is 1. The largest absolute Gasteiger partial charge is 0.460 e. The fourth-order valence-electron chi connectivity index (χ4n) is 2.35. The Bertz CT molecular complexity index is 740. The third kappa shape index (κ3) is 4.79. The van der Waals surface area contributed by atoms with Gasteiger partial charge in [0, 0.05) is 11.7 Å². The second kappa shape index (κ2) is 8.17. The molecule has 11 heteroatoms. The molecule has 28 heavy (non-hydrogen) atoms. The normalized spacial score (nSPS) is 14.9. The van der Waals surface area contributed by atoms with Gasteiger partial charge >= 0.3 is 23.9 Å². The number of thioether (sulfide) groups is 1. The van der Waals surface area contributed by atoms with Crippen molar-refractivity contribution >= 4 is 23.1 Å². The Kier molecular flexibility index (Phi) is 6.69. The summed E-state index contributed by atoms with van der Waals surface area (Å²) in [5.74, 6) is -19.0. The molecule has 0 saturated carbocycles. The van der Waals surface area contributed by atoms with E-state index in [1.807, 2.05) is 0 Å². The summed E-state index contributed by atoms with van der Waals surface area (Å²) in [6, 6.07) is 10.9. The Labute approximate surface area is 162 Å². The zero-order valence-electron chi connectivity index (χ0n) is 13.8. The summed E-state index contributed by atoms with van der Waals surface area (Å²) >= 11 is 1.84. The Balaban J connectivity index is 2.30. The SMILES string of the molecule is FC(F)(F)C(F)(F)C(F)(F)C(F)(F)CC(Cc1ccccc1)Sc1cccs1. The topological polar surface area (TPSA) is 0 Å². The maximum Gasteiger partial charge on any atom is 0.460 e. The maximum absolute atomic E-state index is 14.1. The molecule has 0 amide bonds. The quantitative estimate of drug-likeness (QED) is 0.299. The second-order valence-corrected chi connectivity index (χ2v) is 8.47. The lowest BCUT2D eigenvalue weighted by molar-refractivity contribution is -0.396. The van der Waals surface area contributed by atoms with Gasteiger partial charge < -0.3 is 0 Å². The van der Waals surface area contributed by atoms with Crippen LogP contribution in [0.15, 0.2) is 52.1 Å². The highest BCUT2D eigenvalue weighted by Crippen LogP contribution is 2.55. The van der Waals surface area contributed by atoms with Gasteiger partial charge in [0.25, 0.3) is 0 Å². The first-order valence-electron chi connectivity index (χ1n) is 7.72. The van der Waals surface area contributed by atoms with Gasteiger partial charge in [0.1, 0.15) is 0 Å². The van der Waals surface area contributed by atoms with Gasteiger partial charge in [-0.3, -0.25) is 0 Å². The van der Waals surface area contributed by atoms with E-state index >= 15 is 0 Å². The maximum atomic E-state index is 14.1. The molecule has 1 aromatic carbocycles. The van der Waals surface area contributed by atoms with Crippen LogP contribution < -0.4 is 0 Å². The molecule has 0 nitrogen and oxygen atoms in total. The van der Waals surface area contributed by atoms with Gasteiger partial charge in [-0.2, -0.15) is 39.5 Å². The molecule has 0 saturated heterocycles. The van der Waals surface area contributed by atoms with Crippen LogP contribution in [0.5, 0.6) is 0 Å². The summed E-state index contributed by atoms with van der Waals surface area (Å²) in [6.45, 7) is 0. The number of alkyl halides is 9. The molecule has 1 aromatic heterocycles. The predicted octanol–water partition coefficient (Wildman–Crippen LogP) is 7.31. The molecule has 0 aliphatic rings. The van der Waals surface area contributed by atoms with Crippen LogP contribution in [0.3, 0.4) is 0 Å².